The van der Waals surface area contributed by atoms with Crippen LogP contribution in [-0.4, -0.2) is 35.0 Å². The van der Waals surface area contributed by atoms with Gasteiger partial charge in [-0.1, -0.05) is 0 Å². The molecule has 0 aliphatic heterocycles. The number of hydrogen-bond acceptors (Lipinski definition) is 7. The topological polar surface area (TPSA) is 139 Å². The molecule has 18 heavy (non-hydrogen) atoms. The normalized spacial score (nSPS) is 10.2. The third kappa shape index (κ3) is 1.91. The second-order valence-electron chi connectivity index (χ2n) is 3.08. The number of hydrogen-bond donors (Lipinski definition) is 0. The molecule has 0 bridgehead atoms. The van der Waals surface area contributed by atoms with Gasteiger partial charge in [0.05, 0.1) is 0 Å². The Balaban J connectivity index is 2.29. The largest absolute Gasteiger partial charge is 0.382 e. The van der Waals surface area contributed by atoms with Crippen LogP contribution < -0.4 is 0 Å². The summed E-state index contributed by atoms with van der Waals surface area (Å²) >= 11 is 0. The molecule has 0 atom stereocenters. The maximum Gasteiger partial charge on any atom is 0.382 e. The molecule has 0 aliphatic carbocycles. The van der Waals surface area contributed by atoms with E-state index in [1.54, 1.807) is 0 Å². The maximum absolute atomic E-state index is 11.7. The molecule has 92 valence electrons. The van der Waals surface area contributed by atoms with Gasteiger partial charge in [-0.15, -0.1) is 0 Å². The second kappa shape index (κ2) is 4.04. The van der Waals surface area contributed by atoms with Gasteiger partial charge in [0.2, 0.25) is 12.7 Å². The molecule has 11 nitrogen and oxygen atoms in total. The summed E-state index contributed by atoms with van der Waals surface area (Å²) in [6.07, 6.45) is 3.67. The van der Waals surface area contributed by atoms with E-state index in [0.29, 0.717) is 0 Å². The number of nitrogens with zero attached hydrogens (tertiary/aromatic N) is 6. The van der Waals surface area contributed by atoms with Crippen LogP contribution in [0.3, 0.4) is 0 Å². The van der Waals surface area contributed by atoms with Gasteiger partial charge in [0.25, 0.3) is 0 Å². The average molecular weight is 252 g/mol. The van der Waals surface area contributed by atoms with Crippen molar-refractivity contribution in [3.05, 3.63) is 45.3 Å². The third-order valence-corrected chi connectivity index (χ3v) is 1.95. The zero-order valence-corrected chi connectivity index (χ0v) is 8.53. The van der Waals surface area contributed by atoms with E-state index in [-0.39, 0.29) is 0 Å². The summed E-state index contributed by atoms with van der Waals surface area (Å²) in [5.41, 5.74) is 0. The summed E-state index contributed by atoms with van der Waals surface area (Å²) in [7, 11) is 0. The lowest BCUT2D eigenvalue weighted by molar-refractivity contribution is -0.389. The minimum absolute atomic E-state index is 0.502. The van der Waals surface area contributed by atoms with Gasteiger partial charge in [-0.25, -0.2) is 13.9 Å². The lowest BCUT2D eigenvalue weighted by Crippen LogP contribution is -2.16. The average Bonchev–Trinajstić information content (AvgIpc) is 2.97. The van der Waals surface area contributed by atoms with Crippen LogP contribution in [0.15, 0.2) is 25.0 Å². The predicted octanol–water partition coefficient (Wildman–Crippen LogP) is 0.412. The first-order valence-corrected chi connectivity index (χ1v) is 4.40. The van der Waals surface area contributed by atoms with Crippen molar-refractivity contribution in [2.24, 2.45) is 0 Å². The van der Waals surface area contributed by atoms with Gasteiger partial charge in [-0.2, -0.15) is 0 Å². The van der Waals surface area contributed by atoms with Crippen molar-refractivity contribution in [2.75, 3.05) is 0 Å². The van der Waals surface area contributed by atoms with Gasteiger partial charge >= 0.3 is 17.7 Å². The molecule has 0 saturated carbocycles. The third-order valence-electron chi connectivity index (χ3n) is 1.95. The predicted molar refractivity (Wildman–Crippen MR) is 54.0 cm³/mol. The molecular formula is C7H4N6O5. The van der Waals surface area contributed by atoms with Crippen LogP contribution in [0.2, 0.25) is 0 Å². The van der Waals surface area contributed by atoms with E-state index in [4.69, 9.17) is 0 Å². The van der Waals surface area contributed by atoms with Crippen molar-refractivity contribution in [2.45, 2.75) is 0 Å². The number of imidazole rings is 2. The van der Waals surface area contributed by atoms with E-state index in [1.165, 1.54) is 0 Å². The standard InChI is InChI=1S/C7H4N6O5/c14-7(10-1-5(8-3-10)12(15)16)11-2-6(9-4-11)13(17)18/h1-4H. The minimum atomic E-state index is -0.767. The van der Waals surface area contributed by atoms with Gasteiger partial charge in [0, 0.05) is 0 Å². The summed E-state index contributed by atoms with van der Waals surface area (Å²) in [5, 5.41) is 20.8. The lowest BCUT2D eigenvalue weighted by Gasteiger charge is -1.96. The van der Waals surface area contributed by atoms with Crippen LogP contribution in [0.1, 0.15) is 0 Å². The van der Waals surface area contributed by atoms with Crippen LogP contribution >= 0.6 is 0 Å². The van der Waals surface area contributed by atoms with Gasteiger partial charge < -0.3 is 20.2 Å². The smallest absolute Gasteiger partial charge is 0.358 e. The highest BCUT2D eigenvalue weighted by molar-refractivity contribution is 5.79. The molecular weight excluding hydrogens is 248 g/mol. The molecule has 2 heterocycles. The monoisotopic (exact) mass is 252 g/mol. The molecule has 0 radical (unpaired) electrons. The van der Waals surface area contributed by atoms with Gasteiger partial charge in [-0.05, 0) is 19.8 Å². The Bertz CT molecular complexity index is 588. The lowest BCUT2D eigenvalue weighted by atomic mass is 10.7. The summed E-state index contributed by atoms with van der Waals surface area (Å²) in [5.74, 6) is -1.00. The minimum Gasteiger partial charge on any atom is -0.358 e. The number of rotatable bonds is 2. The molecule has 0 aliphatic rings. The van der Waals surface area contributed by atoms with E-state index >= 15 is 0 Å². The summed E-state index contributed by atoms with van der Waals surface area (Å²) in [6, 6.07) is -0.767. The molecule has 0 spiro atoms. The molecule has 11 heteroatoms. The summed E-state index contributed by atoms with van der Waals surface area (Å²) < 4.78 is 1.65. The molecule has 0 fully saturated rings. The molecule has 0 N–H and O–H groups in total. The fourth-order valence-electron chi connectivity index (χ4n) is 1.16. The van der Waals surface area contributed by atoms with E-state index in [0.717, 1.165) is 34.2 Å². The molecule has 2 aromatic rings. The number of aromatic nitrogens is 4. The van der Waals surface area contributed by atoms with Crippen LogP contribution in [0.4, 0.5) is 16.4 Å². The van der Waals surface area contributed by atoms with E-state index in [1.807, 2.05) is 0 Å². The first-order valence-electron chi connectivity index (χ1n) is 4.40. The van der Waals surface area contributed by atoms with Crippen LogP contribution in [0.5, 0.6) is 0 Å². The van der Waals surface area contributed by atoms with E-state index in [9.17, 15) is 25.0 Å². The first-order chi connectivity index (χ1) is 8.49. The Morgan fingerprint density at radius 3 is 1.67 bits per heavy atom. The van der Waals surface area contributed by atoms with Crippen molar-refractivity contribution in [3.63, 3.8) is 0 Å². The van der Waals surface area contributed by atoms with Gasteiger partial charge in [0.1, 0.15) is 12.4 Å². The summed E-state index contributed by atoms with van der Waals surface area (Å²) in [6.45, 7) is 0. The number of carbonyl (C=O) groups excluding carboxylic acids is 1. The van der Waals surface area contributed by atoms with Crippen molar-refractivity contribution in [1.29, 1.82) is 0 Å². The quantitative estimate of drug-likeness (QED) is 0.556. The van der Waals surface area contributed by atoms with Gasteiger partial charge in [-0.3, -0.25) is 0 Å². The Morgan fingerprint density at radius 2 is 1.39 bits per heavy atom. The second-order valence-corrected chi connectivity index (χ2v) is 3.08. The SMILES string of the molecule is O=C(n1cnc([N+](=O)[O-])c1)n1cnc([N+](=O)[O-])c1. The molecule has 2 aromatic heterocycles. The van der Waals surface area contributed by atoms with Crippen LogP contribution in [-0.2, 0) is 0 Å². The Hall–Kier alpha value is -3.11. The molecule has 0 unspecified atom stereocenters. The van der Waals surface area contributed by atoms with Crippen molar-refractivity contribution < 1.29 is 14.6 Å². The van der Waals surface area contributed by atoms with E-state index < -0.39 is 27.5 Å². The maximum atomic E-state index is 11.7. The van der Waals surface area contributed by atoms with Crippen LogP contribution in [0, 0.1) is 20.2 Å². The highest BCUT2D eigenvalue weighted by atomic mass is 16.6. The van der Waals surface area contributed by atoms with E-state index in [2.05, 4.69) is 9.97 Å². The van der Waals surface area contributed by atoms with Crippen molar-refractivity contribution in [1.82, 2.24) is 19.1 Å². The summed E-state index contributed by atoms with van der Waals surface area (Å²) in [4.78, 5) is 37.7. The van der Waals surface area contributed by atoms with Crippen LogP contribution in [0.25, 0.3) is 0 Å². The van der Waals surface area contributed by atoms with Crippen molar-refractivity contribution in [3.8, 4) is 0 Å². The Morgan fingerprint density at radius 1 is 1.00 bits per heavy atom. The van der Waals surface area contributed by atoms with Crippen molar-refractivity contribution >= 4 is 17.7 Å². The fraction of sp³-hybridized carbons (Fsp3) is 0. The zero-order valence-electron chi connectivity index (χ0n) is 8.53. The number of nitro groups is 2. The van der Waals surface area contributed by atoms with Gasteiger partial charge in [0.15, 0.2) is 0 Å². The fourth-order valence-corrected chi connectivity index (χ4v) is 1.16. The molecule has 2 rings (SSSR count). The molecule has 0 saturated heterocycles. The molecule has 0 amide bonds. The highest BCUT2D eigenvalue weighted by Gasteiger charge is 2.19. The molecule has 0 aromatic carbocycles. The number of carbonyl (C=O) groups is 1. The zero-order chi connectivity index (χ0) is 13.3. The Labute approximate surface area is 97.6 Å². The highest BCUT2D eigenvalue weighted by Crippen LogP contribution is 2.09. The Kier molecular flexibility index (Phi) is 2.56. The first kappa shape index (κ1) is 11.4.